The molecule has 1 rings (SSSR count). The minimum absolute atomic E-state index is 0.0224. The molecular formula is C16H23Cl2NO5. The number of benzene rings is 1. The van der Waals surface area contributed by atoms with Crippen LogP contribution in [0.15, 0.2) is 24.8 Å². The molecule has 0 amide bonds. The van der Waals surface area contributed by atoms with E-state index >= 15 is 0 Å². The minimum Gasteiger partial charge on any atom is -0.545 e. The van der Waals surface area contributed by atoms with Crippen LogP contribution in [-0.2, 0) is 0 Å². The van der Waals surface area contributed by atoms with Gasteiger partial charge in [0.05, 0.1) is 55.5 Å². The van der Waals surface area contributed by atoms with Gasteiger partial charge in [-0.05, 0) is 18.2 Å². The Balaban J connectivity index is 0.000000449. The lowest BCUT2D eigenvalue weighted by molar-refractivity contribution is -0.904. The number of aromatic carboxylic acids is 1. The monoisotopic (exact) mass is 379 g/mol. The third-order valence-corrected chi connectivity index (χ3v) is 3.93. The number of halogens is 2. The maximum absolute atomic E-state index is 10.6. The van der Waals surface area contributed by atoms with Gasteiger partial charge in [-0.15, -0.1) is 0 Å². The quantitative estimate of drug-likeness (QED) is 0.518. The van der Waals surface area contributed by atoms with Gasteiger partial charge in [-0.2, -0.15) is 0 Å². The van der Waals surface area contributed by atoms with Gasteiger partial charge in [-0.1, -0.05) is 29.8 Å². The Bertz CT molecular complexity index is 546. The van der Waals surface area contributed by atoms with E-state index in [0.29, 0.717) is 17.6 Å². The van der Waals surface area contributed by atoms with Gasteiger partial charge in [0.15, 0.2) is 0 Å². The first-order valence-corrected chi connectivity index (χ1v) is 7.91. The summed E-state index contributed by atoms with van der Waals surface area (Å²) in [4.78, 5) is 10.6. The van der Waals surface area contributed by atoms with E-state index in [1.165, 1.54) is 19.2 Å². The van der Waals surface area contributed by atoms with E-state index < -0.39 is 5.97 Å². The zero-order valence-electron chi connectivity index (χ0n) is 13.8. The molecule has 0 spiro atoms. The van der Waals surface area contributed by atoms with Crippen LogP contribution in [-0.4, -0.2) is 67.7 Å². The van der Waals surface area contributed by atoms with E-state index in [9.17, 15) is 9.90 Å². The highest BCUT2D eigenvalue weighted by atomic mass is 35.5. The number of hydrogen-bond acceptors (Lipinski definition) is 5. The summed E-state index contributed by atoms with van der Waals surface area (Å²) >= 11 is 11.3. The topological polar surface area (TPSA) is 89.8 Å². The van der Waals surface area contributed by atoms with Gasteiger partial charge in [0.2, 0.25) is 0 Å². The molecule has 0 radical (unpaired) electrons. The van der Waals surface area contributed by atoms with Crippen LogP contribution in [0.25, 0.3) is 0 Å². The van der Waals surface area contributed by atoms with Crippen molar-refractivity contribution in [2.24, 2.45) is 0 Å². The average molecular weight is 380 g/mol. The summed E-state index contributed by atoms with van der Waals surface area (Å²) in [5, 5.41) is 28.3. The molecule has 2 N–H and O–H groups in total. The highest BCUT2D eigenvalue weighted by molar-refractivity contribution is 6.36. The van der Waals surface area contributed by atoms with Crippen LogP contribution in [0.4, 0.5) is 0 Å². The van der Waals surface area contributed by atoms with Crippen molar-refractivity contribution in [3.8, 4) is 5.75 Å². The number of carbonyl (C=O) groups excluding carboxylic acids is 1. The first kappa shape index (κ1) is 22.7. The van der Waals surface area contributed by atoms with Gasteiger partial charge >= 0.3 is 0 Å². The molecule has 1 aromatic carbocycles. The summed E-state index contributed by atoms with van der Waals surface area (Å²) in [6, 6.07) is 2.83. The molecule has 136 valence electrons. The number of rotatable bonds is 8. The molecule has 0 heterocycles. The van der Waals surface area contributed by atoms with Crippen LogP contribution in [0.2, 0.25) is 10.0 Å². The molecule has 0 saturated heterocycles. The van der Waals surface area contributed by atoms with Crippen molar-refractivity contribution in [1.82, 2.24) is 0 Å². The number of carboxylic acid groups (broad SMARTS) is 1. The van der Waals surface area contributed by atoms with Crippen LogP contribution in [0.5, 0.6) is 5.75 Å². The summed E-state index contributed by atoms with van der Waals surface area (Å²) in [6.45, 7) is 6.08. The Morgan fingerprint density at radius 1 is 1.29 bits per heavy atom. The molecule has 0 aromatic heterocycles. The molecule has 0 aliphatic rings. The molecule has 24 heavy (non-hydrogen) atoms. The Labute approximate surface area is 152 Å². The van der Waals surface area contributed by atoms with Crippen molar-refractivity contribution in [2.75, 3.05) is 47.0 Å². The highest BCUT2D eigenvalue weighted by Crippen LogP contribution is 2.33. The fourth-order valence-electron chi connectivity index (χ4n) is 2.01. The van der Waals surface area contributed by atoms with E-state index in [-0.39, 0.29) is 34.6 Å². The fourth-order valence-corrected chi connectivity index (χ4v) is 2.47. The number of nitrogens with zero attached hydrogens (tertiary/aromatic N) is 1. The van der Waals surface area contributed by atoms with Crippen LogP contribution in [0.3, 0.4) is 0 Å². The van der Waals surface area contributed by atoms with E-state index in [4.69, 9.17) is 38.2 Å². The Morgan fingerprint density at radius 3 is 2.12 bits per heavy atom. The number of likely N-dealkylation sites (N-methyl/N-ethyl adjacent to an activating group) is 1. The Morgan fingerprint density at radius 2 is 1.79 bits per heavy atom. The van der Waals surface area contributed by atoms with Crippen molar-refractivity contribution >= 4 is 29.2 Å². The summed E-state index contributed by atoms with van der Waals surface area (Å²) in [6.07, 6.45) is 1.81. The number of ether oxygens (including phenoxy) is 1. The number of aliphatic hydroxyl groups excluding tert-OH is 2. The van der Waals surface area contributed by atoms with Crippen LogP contribution >= 0.6 is 23.2 Å². The lowest BCUT2D eigenvalue weighted by Gasteiger charge is -2.31. The number of quaternary nitrogens is 1. The number of aliphatic hydroxyl groups is 2. The molecule has 0 aliphatic carbocycles. The Hall–Kier alpha value is -1.31. The third-order valence-electron chi connectivity index (χ3n) is 3.32. The van der Waals surface area contributed by atoms with Crippen LogP contribution in [0.1, 0.15) is 10.4 Å². The van der Waals surface area contributed by atoms with Crippen LogP contribution in [0, 0.1) is 0 Å². The van der Waals surface area contributed by atoms with Crippen molar-refractivity contribution in [1.29, 1.82) is 0 Å². The van der Waals surface area contributed by atoms with Crippen LogP contribution < -0.4 is 9.84 Å². The third kappa shape index (κ3) is 7.07. The summed E-state index contributed by atoms with van der Waals surface area (Å²) in [5.41, 5.74) is -0.225. The maximum Gasteiger partial charge on any atom is 0.147 e. The minimum atomic E-state index is -1.41. The van der Waals surface area contributed by atoms with Gasteiger partial charge in [0, 0.05) is 0 Å². The van der Waals surface area contributed by atoms with Crippen molar-refractivity contribution in [2.45, 2.75) is 0 Å². The second-order valence-electron chi connectivity index (χ2n) is 5.21. The second-order valence-corrected chi connectivity index (χ2v) is 6.02. The summed E-state index contributed by atoms with van der Waals surface area (Å²) < 4.78 is 5.44. The average Bonchev–Trinajstić information content (AvgIpc) is 2.50. The smallest absolute Gasteiger partial charge is 0.147 e. The molecule has 0 fully saturated rings. The molecular weight excluding hydrogens is 357 g/mol. The van der Waals surface area contributed by atoms with Crippen molar-refractivity contribution < 1.29 is 29.3 Å². The predicted molar refractivity (Wildman–Crippen MR) is 92.5 cm³/mol. The number of carbonyl (C=O) groups is 1. The molecule has 1 aromatic rings. The van der Waals surface area contributed by atoms with Gasteiger partial charge in [-0.3, -0.25) is 0 Å². The van der Waals surface area contributed by atoms with E-state index in [2.05, 4.69) is 6.58 Å². The molecule has 0 unspecified atom stereocenters. The predicted octanol–water partition coefficient (Wildman–Crippen LogP) is 0.969. The summed E-state index contributed by atoms with van der Waals surface area (Å²) in [5.74, 6) is -1.39. The fraction of sp³-hybridized carbons (Fsp3) is 0.438. The lowest BCUT2D eigenvalue weighted by atomic mass is 10.2. The SMILES string of the molecule is C=CC[N+](C)(CCO)CCO.COc1c(Cl)ccc(Cl)c1C(=O)[O-]. The normalized spacial score (nSPS) is 10.6. The molecule has 0 bridgehead atoms. The molecule has 0 aliphatic heterocycles. The molecule has 8 heteroatoms. The largest absolute Gasteiger partial charge is 0.545 e. The highest BCUT2D eigenvalue weighted by Gasteiger charge is 2.17. The molecule has 6 nitrogen and oxygen atoms in total. The van der Waals surface area contributed by atoms with Gasteiger partial charge in [0.25, 0.3) is 0 Å². The number of methoxy groups -OCH3 is 1. The van der Waals surface area contributed by atoms with Gasteiger partial charge < -0.3 is 29.3 Å². The van der Waals surface area contributed by atoms with E-state index in [1.54, 1.807) is 0 Å². The number of hydrogen-bond donors (Lipinski definition) is 2. The lowest BCUT2D eigenvalue weighted by Crippen LogP contribution is -2.48. The first-order valence-electron chi connectivity index (χ1n) is 7.15. The van der Waals surface area contributed by atoms with E-state index in [0.717, 1.165) is 6.54 Å². The molecule has 0 saturated carbocycles. The zero-order chi connectivity index (χ0) is 18.8. The maximum atomic E-state index is 10.6. The first-order chi connectivity index (χ1) is 11.3. The molecule has 0 atom stereocenters. The van der Waals surface area contributed by atoms with Gasteiger partial charge in [0.1, 0.15) is 18.8 Å². The second kappa shape index (κ2) is 11.3. The van der Waals surface area contributed by atoms with E-state index in [1.807, 2.05) is 13.1 Å². The number of carboxylic acids is 1. The van der Waals surface area contributed by atoms with Crippen molar-refractivity contribution in [3.05, 3.63) is 40.4 Å². The Kier molecular flexibility index (Phi) is 10.7. The standard InChI is InChI=1S/C8H6Cl2O3.C8H18NO2/c1-13-7-5(10)3-2-4(9)6(7)8(11)12;1-3-4-9(2,5-7-10)6-8-11/h2-3H,1H3,(H,11,12);3,10-11H,1,4-8H2,2H3/q;+1/p-1. The van der Waals surface area contributed by atoms with Crippen molar-refractivity contribution in [3.63, 3.8) is 0 Å². The van der Waals surface area contributed by atoms with Gasteiger partial charge in [-0.25, -0.2) is 0 Å². The summed E-state index contributed by atoms with van der Waals surface area (Å²) in [7, 11) is 3.30. The zero-order valence-corrected chi connectivity index (χ0v) is 15.3.